The Morgan fingerprint density at radius 2 is 0.711 bits per heavy atom. The highest BCUT2D eigenvalue weighted by atomic mass is 16.7. The smallest absolute Gasteiger partial charge is 0.220 e. The van der Waals surface area contributed by atoms with Gasteiger partial charge in [-0.05, 0) is 44.9 Å². The Hall–Kier alpha value is -1.79. The van der Waals surface area contributed by atoms with Gasteiger partial charge in [0, 0.05) is 6.42 Å². The minimum absolute atomic E-state index is 0.246. The first-order valence-corrected chi connectivity index (χ1v) is 38.2. The van der Waals surface area contributed by atoms with Crippen LogP contribution < -0.4 is 5.32 Å². The Bertz CT molecular complexity index is 1650. The van der Waals surface area contributed by atoms with Gasteiger partial charge in [-0.15, -0.1) is 0 Å². The molecule has 0 radical (unpaired) electrons. The number of ether oxygens (including phenoxy) is 4. The summed E-state index contributed by atoms with van der Waals surface area (Å²) >= 11 is 0. The van der Waals surface area contributed by atoms with E-state index in [0.717, 1.165) is 44.9 Å². The number of unbranched alkanes of at least 4 members (excludes halogenated alkanes) is 47. The Morgan fingerprint density at radius 3 is 1.09 bits per heavy atom. The lowest BCUT2D eigenvalue weighted by Gasteiger charge is -2.46. The van der Waals surface area contributed by atoms with Crippen molar-refractivity contribution in [2.45, 2.75) is 421 Å². The quantitative estimate of drug-likeness (QED) is 0.0204. The van der Waals surface area contributed by atoms with Gasteiger partial charge in [0.1, 0.15) is 48.8 Å². The molecule has 12 atom stereocenters. The minimum atomic E-state index is -1.79. The third-order valence-electron chi connectivity index (χ3n) is 18.8. The molecule has 0 aromatic carbocycles. The fourth-order valence-electron chi connectivity index (χ4n) is 12.7. The van der Waals surface area contributed by atoms with Gasteiger partial charge < -0.3 is 65.1 Å². The molecule has 0 aliphatic carbocycles. The maximum atomic E-state index is 13.3. The van der Waals surface area contributed by atoms with Crippen molar-refractivity contribution in [3.8, 4) is 0 Å². The van der Waals surface area contributed by atoms with Crippen molar-refractivity contribution in [3.05, 3.63) is 36.5 Å². The van der Waals surface area contributed by atoms with E-state index in [-0.39, 0.29) is 18.9 Å². The molecule has 12 unspecified atom stereocenters. The molecule has 2 saturated heterocycles. The Labute approximate surface area is 551 Å². The van der Waals surface area contributed by atoms with E-state index < -0.39 is 86.8 Å². The van der Waals surface area contributed by atoms with Gasteiger partial charge in [0.25, 0.3) is 0 Å². The van der Waals surface area contributed by atoms with Crippen LogP contribution in [0.15, 0.2) is 36.5 Å². The van der Waals surface area contributed by atoms with Crippen molar-refractivity contribution >= 4 is 5.91 Å². The molecule has 530 valence electrons. The molecule has 0 bridgehead atoms. The van der Waals surface area contributed by atoms with Crippen molar-refractivity contribution in [1.82, 2.24) is 5.32 Å². The third kappa shape index (κ3) is 44.0. The number of rotatable bonds is 64. The Kier molecular flexibility index (Phi) is 57.0. The lowest BCUT2D eigenvalue weighted by atomic mass is 9.97. The first-order chi connectivity index (χ1) is 44.1. The molecule has 90 heavy (non-hydrogen) atoms. The summed E-state index contributed by atoms with van der Waals surface area (Å²) < 4.78 is 22.9. The molecule has 14 heteroatoms. The average Bonchev–Trinajstić information content (AvgIpc) is 3.69. The van der Waals surface area contributed by atoms with E-state index in [0.29, 0.717) is 12.8 Å². The maximum Gasteiger partial charge on any atom is 0.220 e. The molecule has 2 aliphatic rings. The summed E-state index contributed by atoms with van der Waals surface area (Å²) in [7, 11) is 0. The normalized spacial score (nSPS) is 23.0. The molecule has 1 amide bonds. The monoisotopic (exact) mass is 1280 g/mol. The third-order valence-corrected chi connectivity index (χ3v) is 18.8. The zero-order chi connectivity index (χ0) is 65.2. The molecule has 0 saturated carbocycles. The summed E-state index contributed by atoms with van der Waals surface area (Å²) in [5.41, 5.74) is 0. The second-order valence-electron chi connectivity index (χ2n) is 27.1. The summed E-state index contributed by atoms with van der Waals surface area (Å²) in [6.45, 7) is 2.84. The van der Waals surface area contributed by atoms with Gasteiger partial charge in [-0.1, -0.05) is 333 Å². The minimum Gasteiger partial charge on any atom is -0.394 e. The topological polar surface area (TPSA) is 228 Å². The number of carbonyl (C=O) groups is 1. The number of allylic oxidation sites excluding steroid dienone is 5. The van der Waals surface area contributed by atoms with Crippen LogP contribution in [0, 0.1) is 0 Å². The average molecular weight is 1280 g/mol. The van der Waals surface area contributed by atoms with E-state index in [1.54, 1.807) is 6.08 Å². The zero-order valence-electron chi connectivity index (χ0n) is 57.9. The fourth-order valence-corrected chi connectivity index (χ4v) is 12.7. The number of hydrogen-bond donors (Lipinski definition) is 9. The molecular formula is C76H143NO13. The first kappa shape index (κ1) is 84.3. The van der Waals surface area contributed by atoms with Crippen LogP contribution in [0.4, 0.5) is 0 Å². The molecule has 14 nitrogen and oxygen atoms in total. The van der Waals surface area contributed by atoms with Crippen molar-refractivity contribution in [3.63, 3.8) is 0 Å². The second-order valence-corrected chi connectivity index (χ2v) is 27.1. The lowest BCUT2D eigenvalue weighted by molar-refractivity contribution is -0.359. The molecule has 2 aliphatic heterocycles. The molecule has 0 aromatic heterocycles. The number of hydrogen-bond acceptors (Lipinski definition) is 13. The van der Waals surface area contributed by atoms with Crippen LogP contribution in [-0.2, 0) is 23.7 Å². The van der Waals surface area contributed by atoms with Crippen LogP contribution in [0.1, 0.15) is 348 Å². The van der Waals surface area contributed by atoms with Gasteiger partial charge >= 0.3 is 0 Å². The number of aliphatic hydroxyl groups excluding tert-OH is 8. The van der Waals surface area contributed by atoms with Gasteiger partial charge in [0.2, 0.25) is 5.91 Å². The summed E-state index contributed by atoms with van der Waals surface area (Å²) in [5.74, 6) is -0.246. The van der Waals surface area contributed by atoms with E-state index in [9.17, 15) is 45.6 Å². The predicted molar refractivity (Wildman–Crippen MR) is 369 cm³/mol. The highest BCUT2D eigenvalue weighted by Crippen LogP contribution is 2.30. The molecule has 0 aromatic rings. The van der Waals surface area contributed by atoms with Crippen LogP contribution in [0.5, 0.6) is 0 Å². The molecule has 2 rings (SSSR count). The van der Waals surface area contributed by atoms with Crippen LogP contribution in [0.2, 0.25) is 0 Å². The van der Waals surface area contributed by atoms with Crippen molar-refractivity contribution in [2.75, 3.05) is 19.8 Å². The number of amides is 1. The van der Waals surface area contributed by atoms with Gasteiger partial charge in [0.15, 0.2) is 12.6 Å². The summed E-state index contributed by atoms with van der Waals surface area (Å²) in [6.07, 6.45) is 62.3. The van der Waals surface area contributed by atoms with Crippen LogP contribution in [0.25, 0.3) is 0 Å². The van der Waals surface area contributed by atoms with E-state index in [2.05, 4.69) is 43.5 Å². The Morgan fingerprint density at radius 1 is 0.389 bits per heavy atom. The summed E-state index contributed by atoms with van der Waals surface area (Å²) in [6, 6.07) is -0.938. The lowest BCUT2D eigenvalue weighted by Crippen LogP contribution is -2.65. The fraction of sp³-hybridized carbons (Fsp3) is 0.908. The van der Waals surface area contributed by atoms with E-state index in [4.69, 9.17) is 18.9 Å². The highest BCUT2D eigenvalue weighted by molar-refractivity contribution is 5.76. The summed E-state index contributed by atoms with van der Waals surface area (Å²) in [5, 5.41) is 87.5. The van der Waals surface area contributed by atoms with Gasteiger partial charge in [-0.2, -0.15) is 0 Å². The van der Waals surface area contributed by atoms with Crippen LogP contribution >= 0.6 is 0 Å². The Balaban J connectivity index is 1.66. The maximum absolute atomic E-state index is 13.3. The van der Waals surface area contributed by atoms with E-state index in [1.807, 2.05) is 6.08 Å². The summed E-state index contributed by atoms with van der Waals surface area (Å²) in [4.78, 5) is 13.3. The molecule has 2 heterocycles. The van der Waals surface area contributed by atoms with Gasteiger partial charge in [-0.25, -0.2) is 0 Å². The van der Waals surface area contributed by atoms with Gasteiger partial charge in [-0.3, -0.25) is 4.79 Å². The van der Waals surface area contributed by atoms with Crippen LogP contribution in [-0.4, -0.2) is 140 Å². The standard InChI is InChI=1S/C76H143NO13/c1-3-5-7-9-11-13-15-17-19-21-23-25-27-29-30-31-32-33-34-35-36-37-39-41-43-45-47-49-51-53-55-57-59-65(80)64(63-87-75-73(86)71(84)74(67(62-79)89-75)90-76-72(85)70(83)69(82)66(61-78)88-76)77-68(81)60-58-56-54-52-50-48-46-44-42-40-38-28-26-24-22-20-18-16-14-12-10-8-6-4-2/h41,43,49,51,57,59,64-67,69-76,78-80,82-86H,3-40,42,44-48,50,52-56,58,60-63H2,1-2H3,(H,77,81)/b43-41+,51-49+,59-57+. The molecule has 9 N–H and O–H groups in total. The second kappa shape index (κ2) is 60.8. The molecule has 0 spiro atoms. The van der Waals surface area contributed by atoms with Gasteiger partial charge in [0.05, 0.1) is 32.0 Å². The number of nitrogens with one attached hydrogen (secondary N) is 1. The highest BCUT2D eigenvalue weighted by Gasteiger charge is 2.51. The number of carbonyl (C=O) groups excluding carboxylic acids is 1. The SMILES string of the molecule is CCCCCCCCCCCCCCCCCCCCCCCC/C=C/CC/C=C/CC/C=C/C(O)C(COC1OC(CO)C(OC2OC(CO)C(O)C(O)C2O)C(O)C1O)NC(=O)CCCCCCCCCCCCCCCCCCCCCCCCCC. The zero-order valence-corrected chi connectivity index (χ0v) is 57.9. The largest absolute Gasteiger partial charge is 0.394 e. The number of aliphatic hydroxyl groups is 8. The molecule has 2 fully saturated rings. The van der Waals surface area contributed by atoms with Crippen molar-refractivity contribution in [2.24, 2.45) is 0 Å². The van der Waals surface area contributed by atoms with Crippen molar-refractivity contribution < 1.29 is 64.6 Å². The predicted octanol–water partition coefficient (Wildman–Crippen LogP) is 16.5. The van der Waals surface area contributed by atoms with E-state index in [1.165, 1.54) is 270 Å². The molecular weight excluding hydrogens is 1130 g/mol. The van der Waals surface area contributed by atoms with Crippen molar-refractivity contribution in [1.29, 1.82) is 0 Å². The first-order valence-electron chi connectivity index (χ1n) is 38.2. The van der Waals surface area contributed by atoms with Crippen LogP contribution in [0.3, 0.4) is 0 Å². The van der Waals surface area contributed by atoms with E-state index >= 15 is 0 Å².